The summed E-state index contributed by atoms with van der Waals surface area (Å²) >= 11 is 15.4. The summed E-state index contributed by atoms with van der Waals surface area (Å²) in [6, 6.07) is 50.2. The zero-order valence-electron chi connectivity index (χ0n) is 36.0. The first-order valence-corrected chi connectivity index (χ1v) is 21.9. The van der Waals surface area contributed by atoms with E-state index in [9.17, 15) is 0 Å². The molecule has 0 bridgehead atoms. The molecule has 0 saturated carbocycles. The highest BCUT2D eigenvalue weighted by molar-refractivity contribution is 6.38. The third-order valence-electron chi connectivity index (χ3n) is 11.4. The summed E-state index contributed by atoms with van der Waals surface area (Å²) in [6.07, 6.45) is 0. The minimum atomic E-state index is -0.0560. The molecule has 0 radical (unpaired) electrons. The van der Waals surface area contributed by atoms with Crippen molar-refractivity contribution in [3.63, 3.8) is 0 Å². The Labute approximate surface area is 375 Å². The molecule has 0 unspecified atom stereocenters. The zero-order chi connectivity index (χ0) is 43.2. The molecule has 6 nitrogen and oxygen atoms in total. The molecule has 7 aromatic carbocycles. The molecule has 0 amide bonds. The van der Waals surface area contributed by atoms with Crippen molar-refractivity contribution in [3.05, 3.63) is 167 Å². The summed E-state index contributed by atoms with van der Waals surface area (Å²) < 4.78 is 24.9. The molecule has 0 fully saturated rings. The number of halogens is 2. The maximum absolute atomic E-state index is 8.01. The van der Waals surface area contributed by atoms with Crippen LogP contribution in [0.2, 0.25) is 10.0 Å². The van der Waals surface area contributed by atoms with Crippen molar-refractivity contribution >= 4 is 57.3 Å². The van der Waals surface area contributed by atoms with Gasteiger partial charge in [-0.3, -0.25) is 0 Å². The number of anilines is 6. The van der Waals surface area contributed by atoms with Gasteiger partial charge in [0.1, 0.15) is 26.4 Å². The fraction of sp³-hybridized carbons (Fsp3) is 0.222. The molecule has 62 heavy (non-hydrogen) atoms. The SMILES string of the molecule is CC(C)(C)c1ccc(N(c2cc3c(cc2-c2ccccc2)OCCO3)c2cc(Cl)cc(N(c3ccc(C(C)(C)C)cc3)c3cc4c(cc3-c3ccccc3)OCCO4)c2Cl)cc1. The van der Waals surface area contributed by atoms with E-state index in [1.165, 1.54) is 11.1 Å². The van der Waals surface area contributed by atoms with Gasteiger partial charge in [-0.15, -0.1) is 0 Å². The highest BCUT2D eigenvalue weighted by atomic mass is 35.5. The lowest BCUT2D eigenvalue weighted by molar-refractivity contribution is 0.172. The minimum Gasteiger partial charge on any atom is -0.486 e. The van der Waals surface area contributed by atoms with Gasteiger partial charge in [0.2, 0.25) is 0 Å². The quantitative estimate of drug-likeness (QED) is 0.152. The lowest BCUT2D eigenvalue weighted by atomic mass is 9.87. The minimum absolute atomic E-state index is 0.0560. The van der Waals surface area contributed by atoms with Gasteiger partial charge < -0.3 is 28.7 Å². The van der Waals surface area contributed by atoms with E-state index in [1.54, 1.807) is 0 Å². The van der Waals surface area contributed by atoms with Gasteiger partial charge in [-0.1, -0.05) is 150 Å². The average Bonchev–Trinajstić information content (AvgIpc) is 3.28. The Bertz CT molecular complexity index is 2540. The van der Waals surface area contributed by atoms with Crippen molar-refractivity contribution in [1.29, 1.82) is 0 Å². The largest absolute Gasteiger partial charge is 0.486 e. The second-order valence-corrected chi connectivity index (χ2v) is 18.6. The number of benzene rings is 7. The monoisotopic (exact) mass is 860 g/mol. The molecular weight excluding hydrogens is 812 g/mol. The lowest BCUT2D eigenvalue weighted by Crippen LogP contribution is -2.19. The maximum atomic E-state index is 8.01. The molecule has 2 aliphatic heterocycles. The van der Waals surface area contributed by atoms with Gasteiger partial charge in [0.15, 0.2) is 23.0 Å². The van der Waals surface area contributed by atoms with Crippen LogP contribution in [0.25, 0.3) is 22.3 Å². The van der Waals surface area contributed by atoms with Gasteiger partial charge in [-0.05, 0) is 81.6 Å². The number of fused-ring (bicyclic) bond motifs is 2. The fourth-order valence-corrected chi connectivity index (χ4v) is 8.63. The van der Waals surface area contributed by atoms with Crippen LogP contribution >= 0.6 is 23.2 Å². The van der Waals surface area contributed by atoms with Crippen LogP contribution in [0.4, 0.5) is 34.1 Å². The number of nitrogens with zero attached hydrogens (tertiary/aromatic N) is 2. The van der Waals surface area contributed by atoms with E-state index in [0.717, 1.165) is 45.0 Å². The molecule has 2 heterocycles. The highest BCUT2D eigenvalue weighted by Gasteiger charge is 2.30. The van der Waals surface area contributed by atoms with Crippen LogP contribution in [0, 0.1) is 0 Å². The van der Waals surface area contributed by atoms with Crippen LogP contribution < -0.4 is 28.7 Å². The third kappa shape index (κ3) is 8.17. The van der Waals surface area contributed by atoms with Crippen molar-refractivity contribution in [2.24, 2.45) is 0 Å². The first-order chi connectivity index (χ1) is 29.8. The van der Waals surface area contributed by atoms with Crippen LogP contribution in [-0.2, 0) is 10.8 Å². The van der Waals surface area contributed by atoms with Crippen molar-refractivity contribution in [2.45, 2.75) is 52.4 Å². The van der Waals surface area contributed by atoms with Gasteiger partial charge in [-0.2, -0.15) is 0 Å². The van der Waals surface area contributed by atoms with Gasteiger partial charge >= 0.3 is 0 Å². The molecule has 0 saturated heterocycles. The second-order valence-electron chi connectivity index (χ2n) is 17.8. The van der Waals surface area contributed by atoms with Gasteiger partial charge in [0.25, 0.3) is 0 Å². The highest BCUT2D eigenvalue weighted by Crippen LogP contribution is 2.54. The Hall–Kier alpha value is -6.08. The molecule has 9 rings (SSSR count). The standard InChI is InChI=1S/C54H50Cl2N2O4/c1-53(2,3)37-17-21-40(22-18-37)57(44-33-50-48(59-25-27-61-50)31-42(44)35-13-9-7-10-14-35)46-29-39(55)30-47(52(46)56)58(41-23-19-38(20-24-41)54(4,5)6)45-34-51-49(60-26-28-62-51)32-43(45)36-15-11-8-12-16-36/h7-24,29-34H,25-28H2,1-6H3. The van der Waals surface area contributed by atoms with Crippen molar-refractivity contribution in [3.8, 4) is 45.3 Å². The summed E-state index contributed by atoms with van der Waals surface area (Å²) in [4.78, 5) is 4.38. The average molecular weight is 862 g/mol. The van der Waals surface area contributed by atoms with E-state index in [4.69, 9.17) is 42.1 Å². The first kappa shape index (κ1) is 41.3. The number of rotatable bonds is 8. The molecule has 0 atom stereocenters. The van der Waals surface area contributed by atoms with E-state index in [-0.39, 0.29) is 10.8 Å². The van der Waals surface area contributed by atoms with Crippen LogP contribution in [0.15, 0.2) is 146 Å². The van der Waals surface area contributed by atoms with Gasteiger partial charge in [-0.25, -0.2) is 0 Å². The third-order valence-corrected chi connectivity index (χ3v) is 12.0. The lowest BCUT2D eigenvalue weighted by Gasteiger charge is -2.34. The molecular formula is C54H50Cl2N2O4. The summed E-state index contributed by atoms with van der Waals surface area (Å²) in [7, 11) is 0. The van der Waals surface area contributed by atoms with E-state index in [2.05, 4.69) is 148 Å². The molecule has 8 heteroatoms. The fourth-order valence-electron chi connectivity index (χ4n) is 8.15. The number of hydrogen-bond donors (Lipinski definition) is 0. The summed E-state index contributed by atoms with van der Waals surface area (Å²) in [5.41, 5.74) is 11.1. The topological polar surface area (TPSA) is 43.4 Å². The Morgan fingerprint density at radius 1 is 0.403 bits per heavy atom. The Morgan fingerprint density at radius 2 is 0.742 bits per heavy atom. The molecule has 7 aromatic rings. The molecule has 0 aromatic heterocycles. The van der Waals surface area contributed by atoms with Crippen LogP contribution in [0.3, 0.4) is 0 Å². The van der Waals surface area contributed by atoms with Crippen LogP contribution in [0.1, 0.15) is 52.7 Å². The van der Waals surface area contributed by atoms with E-state index in [1.807, 2.05) is 48.5 Å². The molecule has 2 aliphatic rings. The zero-order valence-corrected chi connectivity index (χ0v) is 37.5. The normalized spacial score (nSPS) is 13.4. The first-order valence-electron chi connectivity index (χ1n) is 21.1. The smallest absolute Gasteiger partial charge is 0.163 e. The van der Waals surface area contributed by atoms with Gasteiger partial charge in [0, 0.05) is 39.7 Å². The molecule has 314 valence electrons. The predicted octanol–water partition coefficient (Wildman–Crippen LogP) is 15.4. The Morgan fingerprint density at radius 3 is 1.08 bits per heavy atom. The second kappa shape index (κ2) is 16.7. The Kier molecular flexibility index (Phi) is 11.1. The number of hydrogen-bond acceptors (Lipinski definition) is 6. The van der Waals surface area contributed by atoms with Crippen molar-refractivity contribution < 1.29 is 18.9 Å². The van der Waals surface area contributed by atoms with Crippen molar-refractivity contribution in [2.75, 3.05) is 36.2 Å². The number of ether oxygens (including phenoxy) is 4. The summed E-state index contributed by atoms with van der Waals surface area (Å²) in [6.45, 7) is 15.2. The van der Waals surface area contributed by atoms with Crippen LogP contribution in [-0.4, -0.2) is 26.4 Å². The van der Waals surface area contributed by atoms with E-state index < -0.39 is 0 Å². The summed E-state index contributed by atoms with van der Waals surface area (Å²) in [5, 5.41) is 0.988. The van der Waals surface area contributed by atoms with E-state index in [0.29, 0.717) is 70.8 Å². The van der Waals surface area contributed by atoms with Crippen molar-refractivity contribution in [1.82, 2.24) is 0 Å². The van der Waals surface area contributed by atoms with E-state index >= 15 is 0 Å². The summed E-state index contributed by atoms with van der Waals surface area (Å²) in [5.74, 6) is 2.70. The van der Waals surface area contributed by atoms with Crippen LogP contribution in [0.5, 0.6) is 23.0 Å². The Balaban J connectivity index is 1.33. The molecule has 0 spiro atoms. The molecule has 0 aliphatic carbocycles. The predicted molar refractivity (Wildman–Crippen MR) is 256 cm³/mol. The maximum Gasteiger partial charge on any atom is 0.163 e. The molecule has 0 N–H and O–H groups in total. The van der Waals surface area contributed by atoms with Gasteiger partial charge in [0.05, 0.1) is 27.8 Å².